The Kier molecular flexibility index (Phi) is 3.86. The molecular formula is C17H12Cl2FN3OS. The summed E-state index contributed by atoms with van der Waals surface area (Å²) in [6.45, 7) is 2.10. The molecule has 0 aliphatic rings. The standard InChI is InChI=1S/C17H12Cl2FN3OS/c1-8-3-14-16(25-8)10-6-21-23(17(24)15(10)22(14)2)7-9-4-13(20)12(19)5-11(9)18/h3-6H,7H2,1-2H3. The van der Waals surface area contributed by atoms with Crippen molar-refractivity contribution in [2.75, 3.05) is 0 Å². The van der Waals surface area contributed by atoms with Crippen molar-refractivity contribution in [3.05, 3.63) is 61.1 Å². The highest BCUT2D eigenvalue weighted by atomic mass is 35.5. The molecule has 0 saturated heterocycles. The molecule has 0 bridgehead atoms. The zero-order valence-electron chi connectivity index (χ0n) is 13.3. The van der Waals surface area contributed by atoms with E-state index in [-0.39, 0.29) is 17.1 Å². The summed E-state index contributed by atoms with van der Waals surface area (Å²) in [5, 5.41) is 5.32. The molecule has 0 spiro atoms. The number of aromatic nitrogens is 3. The normalized spacial score (nSPS) is 11.7. The highest BCUT2D eigenvalue weighted by Crippen LogP contribution is 2.32. The number of fused-ring (bicyclic) bond motifs is 3. The maximum absolute atomic E-state index is 13.7. The number of rotatable bonds is 2. The minimum absolute atomic E-state index is 0.0532. The van der Waals surface area contributed by atoms with E-state index in [4.69, 9.17) is 23.2 Å². The van der Waals surface area contributed by atoms with Gasteiger partial charge in [0.1, 0.15) is 11.3 Å². The fourth-order valence-electron chi connectivity index (χ4n) is 2.99. The first-order chi connectivity index (χ1) is 11.9. The van der Waals surface area contributed by atoms with Gasteiger partial charge in [0.15, 0.2) is 0 Å². The van der Waals surface area contributed by atoms with Crippen LogP contribution in [0.2, 0.25) is 10.0 Å². The van der Waals surface area contributed by atoms with Crippen molar-refractivity contribution in [1.29, 1.82) is 0 Å². The fraction of sp³-hybridized carbons (Fsp3) is 0.176. The average molecular weight is 396 g/mol. The lowest BCUT2D eigenvalue weighted by molar-refractivity contribution is 0.612. The van der Waals surface area contributed by atoms with Crippen LogP contribution in [0, 0.1) is 12.7 Å². The molecule has 0 unspecified atom stereocenters. The van der Waals surface area contributed by atoms with Crippen molar-refractivity contribution in [1.82, 2.24) is 14.3 Å². The maximum Gasteiger partial charge on any atom is 0.291 e. The summed E-state index contributed by atoms with van der Waals surface area (Å²) in [5.74, 6) is -0.579. The maximum atomic E-state index is 13.7. The highest BCUT2D eigenvalue weighted by molar-refractivity contribution is 7.20. The second-order valence-corrected chi connectivity index (χ2v) is 7.93. The van der Waals surface area contributed by atoms with Crippen molar-refractivity contribution < 1.29 is 4.39 Å². The molecule has 0 amide bonds. The lowest BCUT2D eigenvalue weighted by atomic mass is 10.2. The molecule has 0 N–H and O–H groups in total. The number of benzene rings is 1. The van der Waals surface area contributed by atoms with Crippen LogP contribution in [0.3, 0.4) is 0 Å². The number of hydrogen-bond donors (Lipinski definition) is 0. The molecule has 25 heavy (non-hydrogen) atoms. The molecule has 0 saturated carbocycles. The van der Waals surface area contributed by atoms with Gasteiger partial charge in [-0.25, -0.2) is 9.07 Å². The van der Waals surface area contributed by atoms with Crippen LogP contribution in [-0.2, 0) is 13.6 Å². The van der Waals surface area contributed by atoms with Crippen molar-refractivity contribution in [2.45, 2.75) is 13.5 Å². The van der Waals surface area contributed by atoms with E-state index < -0.39 is 5.82 Å². The van der Waals surface area contributed by atoms with Crippen molar-refractivity contribution in [3.8, 4) is 0 Å². The summed E-state index contributed by atoms with van der Waals surface area (Å²) >= 11 is 13.5. The van der Waals surface area contributed by atoms with Crippen LogP contribution < -0.4 is 5.56 Å². The Labute approximate surface area is 156 Å². The Morgan fingerprint density at radius 2 is 2.00 bits per heavy atom. The zero-order chi connectivity index (χ0) is 17.9. The molecule has 3 heterocycles. The van der Waals surface area contributed by atoms with E-state index in [1.165, 1.54) is 21.7 Å². The SMILES string of the molecule is Cc1cc2c(s1)c1cnn(Cc3cc(F)c(Cl)cc3Cl)c(=O)c1n2C. The molecule has 0 radical (unpaired) electrons. The second-order valence-electron chi connectivity index (χ2n) is 5.86. The van der Waals surface area contributed by atoms with Crippen LogP contribution >= 0.6 is 34.5 Å². The summed E-state index contributed by atoms with van der Waals surface area (Å²) < 4.78 is 17.9. The van der Waals surface area contributed by atoms with Crippen LogP contribution in [0.4, 0.5) is 4.39 Å². The first kappa shape index (κ1) is 16.6. The first-order valence-electron chi connectivity index (χ1n) is 7.45. The Balaban J connectivity index is 1.89. The Morgan fingerprint density at radius 1 is 1.24 bits per heavy atom. The molecule has 0 fully saturated rings. The van der Waals surface area contributed by atoms with E-state index in [2.05, 4.69) is 11.2 Å². The van der Waals surface area contributed by atoms with Crippen LogP contribution in [-0.4, -0.2) is 14.3 Å². The quantitative estimate of drug-likeness (QED) is 0.459. The number of halogens is 3. The van der Waals surface area contributed by atoms with Crippen LogP contribution in [0.5, 0.6) is 0 Å². The minimum atomic E-state index is -0.579. The van der Waals surface area contributed by atoms with E-state index in [9.17, 15) is 9.18 Å². The molecular weight excluding hydrogens is 384 g/mol. The summed E-state index contributed by atoms with van der Waals surface area (Å²) in [7, 11) is 1.86. The number of nitrogens with zero attached hydrogens (tertiary/aromatic N) is 3. The summed E-state index contributed by atoms with van der Waals surface area (Å²) in [5.41, 5.74) is 1.78. The molecule has 1 aromatic carbocycles. The van der Waals surface area contributed by atoms with Crippen LogP contribution in [0.1, 0.15) is 10.4 Å². The predicted molar refractivity (Wildman–Crippen MR) is 101 cm³/mol. The van der Waals surface area contributed by atoms with Gasteiger partial charge in [0, 0.05) is 22.3 Å². The molecule has 128 valence electrons. The average Bonchev–Trinajstić information content (AvgIpc) is 3.05. The second kappa shape index (κ2) is 5.83. The minimum Gasteiger partial charge on any atom is -0.338 e. The topological polar surface area (TPSA) is 39.8 Å². The Morgan fingerprint density at radius 3 is 2.76 bits per heavy atom. The van der Waals surface area contributed by atoms with Gasteiger partial charge in [0.25, 0.3) is 5.56 Å². The van der Waals surface area contributed by atoms with Gasteiger partial charge in [-0.2, -0.15) is 5.10 Å². The molecule has 3 aromatic heterocycles. The Bertz CT molecular complexity index is 1210. The lowest BCUT2D eigenvalue weighted by Gasteiger charge is -2.08. The van der Waals surface area contributed by atoms with E-state index in [0.29, 0.717) is 16.1 Å². The van der Waals surface area contributed by atoms with Crippen molar-refractivity contribution >= 4 is 55.7 Å². The van der Waals surface area contributed by atoms with E-state index in [1.54, 1.807) is 17.5 Å². The smallest absolute Gasteiger partial charge is 0.291 e. The molecule has 8 heteroatoms. The monoisotopic (exact) mass is 395 g/mol. The number of aryl methyl sites for hydroxylation is 2. The van der Waals surface area contributed by atoms with Gasteiger partial charge < -0.3 is 4.57 Å². The van der Waals surface area contributed by atoms with Crippen LogP contribution in [0.15, 0.2) is 29.2 Å². The third-order valence-corrected chi connectivity index (χ3v) is 5.92. The number of thiophene rings is 1. The zero-order valence-corrected chi connectivity index (χ0v) is 15.6. The highest BCUT2D eigenvalue weighted by Gasteiger charge is 2.17. The summed E-state index contributed by atoms with van der Waals surface area (Å²) in [4.78, 5) is 14.1. The first-order valence-corrected chi connectivity index (χ1v) is 9.02. The lowest BCUT2D eigenvalue weighted by Crippen LogP contribution is -2.24. The fourth-order valence-corrected chi connectivity index (χ4v) is 4.49. The molecule has 4 rings (SSSR count). The van der Waals surface area contributed by atoms with Crippen molar-refractivity contribution in [3.63, 3.8) is 0 Å². The van der Waals surface area contributed by atoms with Gasteiger partial charge in [0.2, 0.25) is 0 Å². The van der Waals surface area contributed by atoms with Gasteiger partial charge >= 0.3 is 0 Å². The molecule has 4 nitrogen and oxygen atoms in total. The predicted octanol–water partition coefficient (Wildman–Crippen LogP) is 4.75. The van der Waals surface area contributed by atoms with E-state index in [1.807, 2.05) is 18.5 Å². The van der Waals surface area contributed by atoms with Crippen molar-refractivity contribution in [2.24, 2.45) is 7.05 Å². The number of hydrogen-bond acceptors (Lipinski definition) is 3. The molecule has 4 aromatic rings. The Hall–Kier alpha value is -1.89. The third-order valence-electron chi connectivity index (χ3n) is 4.20. The summed E-state index contributed by atoms with van der Waals surface area (Å²) in [6, 6.07) is 4.61. The van der Waals surface area contributed by atoms with Gasteiger partial charge in [-0.15, -0.1) is 11.3 Å². The van der Waals surface area contributed by atoms with Gasteiger partial charge in [-0.05, 0) is 30.7 Å². The van der Waals surface area contributed by atoms with Gasteiger partial charge in [0.05, 0.1) is 28.0 Å². The van der Waals surface area contributed by atoms with E-state index in [0.717, 1.165) is 15.6 Å². The third kappa shape index (κ3) is 2.56. The van der Waals surface area contributed by atoms with Gasteiger partial charge in [-0.1, -0.05) is 23.2 Å². The van der Waals surface area contributed by atoms with Gasteiger partial charge in [-0.3, -0.25) is 4.79 Å². The van der Waals surface area contributed by atoms with E-state index >= 15 is 0 Å². The molecule has 0 aliphatic heterocycles. The largest absolute Gasteiger partial charge is 0.338 e. The van der Waals surface area contributed by atoms with Crippen LogP contribution in [0.25, 0.3) is 21.1 Å². The molecule has 0 atom stereocenters. The molecule has 0 aliphatic carbocycles. The summed E-state index contributed by atoms with van der Waals surface area (Å²) in [6.07, 6.45) is 1.68.